The molecule has 4 heteroatoms. The molecule has 0 spiro atoms. The van der Waals surface area contributed by atoms with Gasteiger partial charge in [-0.1, -0.05) is 13.3 Å². The summed E-state index contributed by atoms with van der Waals surface area (Å²) in [5, 5.41) is 0. The molecule has 0 amide bonds. The monoisotopic (exact) mass is 265 g/mol. The summed E-state index contributed by atoms with van der Waals surface area (Å²) in [4.78, 5) is 12.0. The standard InChI is InChI=1S/C15H23NO3/c1-5-7-8-19-14-11(4)13(16)10(3)9-12(14)15(17)18-6-2/h9H,5-8,16H2,1-4H3. The van der Waals surface area contributed by atoms with Crippen molar-refractivity contribution in [3.8, 4) is 5.75 Å². The molecule has 0 unspecified atom stereocenters. The van der Waals surface area contributed by atoms with E-state index in [9.17, 15) is 4.79 Å². The lowest BCUT2D eigenvalue weighted by atomic mass is 10.0. The first-order valence-corrected chi connectivity index (χ1v) is 6.72. The number of benzene rings is 1. The maximum absolute atomic E-state index is 12.0. The third-order valence-corrected chi connectivity index (χ3v) is 3.01. The van der Waals surface area contributed by atoms with Crippen LogP contribution in [0.4, 0.5) is 5.69 Å². The van der Waals surface area contributed by atoms with E-state index in [1.165, 1.54) is 0 Å². The molecule has 19 heavy (non-hydrogen) atoms. The Morgan fingerprint density at radius 2 is 2.00 bits per heavy atom. The lowest BCUT2D eigenvalue weighted by Gasteiger charge is -2.16. The van der Waals surface area contributed by atoms with Crippen molar-refractivity contribution in [1.29, 1.82) is 0 Å². The van der Waals surface area contributed by atoms with E-state index in [2.05, 4.69) is 6.92 Å². The number of anilines is 1. The van der Waals surface area contributed by atoms with Crippen molar-refractivity contribution >= 4 is 11.7 Å². The molecule has 0 aliphatic rings. The average Bonchev–Trinajstić information content (AvgIpc) is 2.38. The Labute approximate surface area is 114 Å². The summed E-state index contributed by atoms with van der Waals surface area (Å²) in [5.74, 6) is 0.190. The van der Waals surface area contributed by atoms with Crippen molar-refractivity contribution in [3.63, 3.8) is 0 Å². The Hall–Kier alpha value is -1.71. The lowest BCUT2D eigenvalue weighted by Crippen LogP contribution is -2.11. The summed E-state index contributed by atoms with van der Waals surface area (Å²) < 4.78 is 10.8. The fourth-order valence-corrected chi connectivity index (χ4v) is 1.84. The molecule has 0 fully saturated rings. The van der Waals surface area contributed by atoms with Gasteiger partial charge in [-0.25, -0.2) is 4.79 Å². The van der Waals surface area contributed by atoms with E-state index in [4.69, 9.17) is 15.2 Å². The second kappa shape index (κ2) is 7.02. The quantitative estimate of drug-likeness (QED) is 0.487. The van der Waals surface area contributed by atoms with Gasteiger partial charge in [0.2, 0.25) is 0 Å². The van der Waals surface area contributed by atoms with E-state index in [-0.39, 0.29) is 5.97 Å². The molecule has 0 aliphatic heterocycles. The molecule has 0 heterocycles. The second-order valence-electron chi connectivity index (χ2n) is 4.53. The molecule has 1 aromatic rings. The van der Waals surface area contributed by atoms with Crippen LogP contribution in [0.25, 0.3) is 0 Å². The van der Waals surface area contributed by atoms with Gasteiger partial charge in [0.25, 0.3) is 0 Å². The molecule has 0 saturated carbocycles. The number of nitrogens with two attached hydrogens (primary N) is 1. The summed E-state index contributed by atoms with van der Waals surface area (Å²) in [5.41, 5.74) is 8.79. The largest absolute Gasteiger partial charge is 0.492 e. The van der Waals surface area contributed by atoms with Crippen LogP contribution in [0.5, 0.6) is 5.75 Å². The number of ether oxygens (including phenoxy) is 2. The van der Waals surface area contributed by atoms with Gasteiger partial charge in [-0.3, -0.25) is 0 Å². The van der Waals surface area contributed by atoms with Gasteiger partial charge in [-0.2, -0.15) is 0 Å². The molecule has 0 aromatic heterocycles. The summed E-state index contributed by atoms with van der Waals surface area (Å²) in [6.45, 7) is 8.54. The Morgan fingerprint density at radius 3 is 2.58 bits per heavy atom. The molecule has 0 atom stereocenters. The number of nitrogen functional groups attached to an aromatic ring is 1. The maximum atomic E-state index is 12.0. The minimum atomic E-state index is -0.361. The Balaban J connectivity index is 3.15. The third-order valence-electron chi connectivity index (χ3n) is 3.01. The van der Waals surface area contributed by atoms with Crippen molar-refractivity contribution in [1.82, 2.24) is 0 Å². The van der Waals surface area contributed by atoms with Gasteiger partial charge in [0.05, 0.1) is 13.2 Å². The summed E-state index contributed by atoms with van der Waals surface area (Å²) in [7, 11) is 0. The van der Waals surface area contributed by atoms with Crippen LogP contribution < -0.4 is 10.5 Å². The molecule has 0 radical (unpaired) electrons. The average molecular weight is 265 g/mol. The van der Waals surface area contributed by atoms with Crippen molar-refractivity contribution in [2.45, 2.75) is 40.5 Å². The van der Waals surface area contributed by atoms with Crippen LogP contribution in [0.15, 0.2) is 6.07 Å². The van der Waals surface area contributed by atoms with Gasteiger partial charge in [0.15, 0.2) is 0 Å². The predicted octanol–water partition coefficient (Wildman–Crippen LogP) is 3.24. The van der Waals surface area contributed by atoms with Gasteiger partial charge in [0, 0.05) is 11.3 Å². The molecule has 1 aromatic carbocycles. The smallest absolute Gasteiger partial charge is 0.341 e. The van der Waals surface area contributed by atoms with E-state index >= 15 is 0 Å². The highest BCUT2D eigenvalue weighted by atomic mass is 16.5. The SMILES string of the molecule is CCCCOc1c(C(=O)OCC)cc(C)c(N)c1C. The number of carbonyl (C=O) groups excluding carboxylic acids is 1. The number of hydrogen-bond acceptors (Lipinski definition) is 4. The number of unbranched alkanes of at least 4 members (excludes halogenated alkanes) is 1. The normalized spacial score (nSPS) is 10.3. The molecule has 0 aliphatic carbocycles. The molecule has 1 rings (SSSR count). The van der Waals surface area contributed by atoms with Crippen LogP contribution in [-0.2, 0) is 4.74 Å². The molecule has 106 valence electrons. The van der Waals surface area contributed by atoms with Crippen molar-refractivity contribution in [2.75, 3.05) is 18.9 Å². The highest BCUT2D eigenvalue weighted by molar-refractivity contribution is 5.94. The lowest BCUT2D eigenvalue weighted by molar-refractivity contribution is 0.0521. The zero-order valence-electron chi connectivity index (χ0n) is 12.2. The van der Waals surface area contributed by atoms with Crippen LogP contribution in [0.1, 0.15) is 48.2 Å². The minimum Gasteiger partial charge on any atom is -0.492 e. The van der Waals surface area contributed by atoms with Crippen molar-refractivity contribution in [2.24, 2.45) is 0 Å². The maximum Gasteiger partial charge on any atom is 0.341 e. The van der Waals surface area contributed by atoms with E-state index in [1.54, 1.807) is 13.0 Å². The molecule has 4 nitrogen and oxygen atoms in total. The molecule has 2 N–H and O–H groups in total. The van der Waals surface area contributed by atoms with Gasteiger partial charge < -0.3 is 15.2 Å². The third kappa shape index (κ3) is 3.63. The number of esters is 1. The number of aryl methyl sites for hydroxylation is 1. The fraction of sp³-hybridized carbons (Fsp3) is 0.533. The molecule has 0 saturated heterocycles. The van der Waals surface area contributed by atoms with E-state index < -0.39 is 0 Å². The van der Waals surface area contributed by atoms with E-state index in [0.717, 1.165) is 24.0 Å². The van der Waals surface area contributed by atoms with Crippen molar-refractivity contribution in [3.05, 3.63) is 22.8 Å². The van der Waals surface area contributed by atoms with Gasteiger partial charge in [-0.15, -0.1) is 0 Å². The minimum absolute atomic E-state index is 0.343. The van der Waals surface area contributed by atoms with E-state index in [1.807, 2.05) is 13.8 Å². The first-order chi connectivity index (χ1) is 9.02. The Kier molecular flexibility index (Phi) is 5.67. The Morgan fingerprint density at radius 1 is 1.32 bits per heavy atom. The second-order valence-corrected chi connectivity index (χ2v) is 4.53. The van der Waals surface area contributed by atoms with Gasteiger partial charge in [-0.05, 0) is 38.8 Å². The van der Waals surface area contributed by atoms with Crippen LogP contribution in [-0.4, -0.2) is 19.2 Å². The highest BCUT2D eigenvalue weighted by Gasteiger charge is 2.19. The van der Waals surface area contributed by atoms with Crippen molar-refractivity contribution < 1.29 is 14.3 Å². The Bertz CT molecular complexity index is 455. The number of rotatable bonds is 6. The van der Waals surface area contributed by atoms with Crippen LogP contribution >= 0.6 is 0 Å². The first-order valence-electron chi connectivity index (χ1n) is 6.72. The summed E-state index contributed by atoms with van der Waals surface area (Å²) in [6.07, 6.45) is 1.98. The number of hydrogen-bond donors (Lipinski definition) is 1. The number of carbonyl (C=O) groups is 1. The molecular weight excluding hydrogens is 242 g/mol. The van der Waals surface area contributed by atoms with E-state index in [0.29, 0.717) is 30.2 Å². The zero-order valence-corrected chi connectivity index (χ0v) is 12.2. The molecule has 0 bridgehead atoms. The predicted molar refractivity (Wildman–Crippen MR) is 76.7 cm³/mol. The van der Waals surface area contributed by atoms with Crippen LogP contribution in [0.2, 0.25) is 0 Å². The zero-order chi connectivity index (χ0) is 14.4. The van der Waals surface area contributed by atoms with Gasteiger partial charge in [0.1, 0.15) is 11.3 Å². The molecular formula is C15H23NO3. The fourth-order valence-electron chi connectivity index (χ4n) is 1.84. The van der Waals surface area contributed by atoms with Crippen LogP contribution in [0, 0.1) is 13.8 Å². The van der Waals surface area contributed by atoms with Gasteiger partial charge >= 0.3 is 5.97 Å². The summed E-state index contributed by atoms with van der Waals surface area (Å²) >= 11 is 0. The highest BCUT2D eigenvalue weighted by Crippen LogP contribution is 2.32. The summed E-state index contributed by atoms with van der Waals surface area (Å²) in [6, 6.07) is 1.74. The first kappa shape index (κ1) is 15.3. The van der Waals surface area contributed by atoms with Crippen LogP contribution in [0.3, 0.4) is 0 Å². The topological polar surface area (TPSA) is 61.5 Å².